The Balaban J connectivity index is 1.95. The molecule has 6 nitrogen and oxygen atoms in total. The summed E-state index contributed by atoms with van der Waals surface area (Å²) in [5, 5.41) is 11.6. The van der Waals surface area contributed by atoms with E-state index in [1.165, 1.54) is 0 Å². The summed E-state index contributed by atoms with van der Waals surface area (Å²) in [7, 11) is 3.18. The number of nitrogens with zero attached hydrogens (tertiary/aromatic N) is 1. The molecule has 3 rings (SSSR count). The monoisotopic (exact) mass is 357 g/mol. The average molecular weight is 357 g/mol. The number of hydrogen-bond acceptors (Lipinski definition) is 5. The van der Waals surface area contributed by atoms with Crippen molar-refractivity contribution in [3.05, 3.63) is 42.5 Å². The summed E-state index contributed by atoms with van der Waals surface area (Å²) in [6.07, 6.45) is 2.00. The van der Waals surface area contributed by atoms with Crippen LogP contribution in [0.4, 0.5) is 5.69 Å². The van der Waals surface area contributed by atoms with E-state index in [0.717, 1.165) is 27.8 Å². The third-order valence-corrected chi connectivity index (χ3v) is 4.69. The van der Waals surface area contributed by atoms with Gasteiger partial charge in [-0.05, 0) is 35.0 Å². The lowest BCUT2D eigenvalue weighted by Gasteiger charge is -2.24. The van der Waals surface area contributed by atoms with Crippen LogP contribution in [0.5, 0.6) is 5.75 Å². The van der Waals surface area contributed by atoms with E-state index < -0.39 is 12.0 Å². The van der Waals surface area contributed by atoms with Gasteiger partial charge < -0.3 is 24.2 Å². The number of methoxy groups -OCH3 is 2. The Hall–Kier alpha value is -2.57. The Morgan fingerprint density at radius 2 is 2.12 bits per heavy atom. The molecule has 0 radical (unpaired) electrons. The summed E-state index contributed by atoms with van der Waals surface area (Å²) in [6.45, 7) is 4.49. The number of aliphatic carboxylic acids is 1. The van der Waals surface area contributed by atoms with Gasteiger partial charge >= 0.3 is 5.97 Å². The maximum absolute atomic E-state index is 11.7. The Morgan fingerprint density at radius 3 is 2.77 bits per heavy atom. The van der Waals surface area contributed by atoms with Gasteiger partial charge in [0.25, 0.3) is 0 Å². The zero-order chi connectivity index (χ0) is 18.7. The minimum absolute atomic E-state index is 0.158. The predicted octanol–water partition coefficient (Wildman–Crippen LogP) is 3.14. The number of carboxylic acids is 1. The predicted molar refractivity (Wildman–Crippen MR) is 101 cm³/mol. The third-order valence-electron chi connectivity index (χ3n) is 4.69. The van der Waals surface area contributed by atoms with Gasteiger partial charge in [0.1, 0.15) is 18.6 Å². The Labute approximate surface area is 152 Å². The molecule has 138 valence electrons. The lowest BCUT2D eigenvalue weighted by molar-refractivity contribution is -0.138. The minimum Gasteiger partial charge on any atom is -0.496 e. The summed E-state index contributed by atoms with van der Waals surface area (Å²) in [4.78, 5) is 13.6. The van der Waals surface area contributed by atoms with Gasteiger partial charge in [-0.3, -0.25) is 0 Å². The van der Waals surface area contributed by atoms with Crippen molar-refractivity contribution in [2.75, 3.05) is 32.5 Å². The Bertz CT molecular complexity index is 819. The van der Waals surface area contributed by atoms with Crippen LogP contribution < -0.4 is 9.64 Å². The highest BCUT2D eigenvalue weighted by Gasteiger charge is 2.37. The lowest BCUT2D eigenvalue weighted by atomic mass is 10.0. The maximum Gasteiger partial charge on any atom is 0.326 e. The van der Waals surface area contributed by atoms with Gasteiger partial charge in [0.15, 0.2) is 0 Å². The van der Waals surface area contributed by atoms with E-state index in [9.17, 15) is 9.90 Å². The van der Waals surface area contributed by atoms with Crippen LogP contribution in [-0.2, 0) is 14.3 Å². The molecule has 0 spiro atoms. The molecule has 26 heavy (non-hydrogen) atoms. The molecule has 2 aromatic rings. The largest absolute Gasteiger partial charge is 0.496 e. The van der Waals surface area contributed by atoms with Crippen LogP contribution in [0, 0.1) is 0 Å². The second kappa shape index (κ2) is 7.76. The maximum atomic E-state index is 11.7. The normalized spacial score (nSPS) is 19.7. The molecule has 1 fully saturated rings. The number of hydrogen-bond donors (Lipinski definition) is 1. The highest BCUT2D eigenvalue weighted by atomic mass is 16.7. The van der Waals surface area contributed by atoms with Crippen molar-refractivity contribution in [1.29, 1.82) is 0 Å². The molecule has 2 aromatic carbocycles. The van der Waals surface area contributed by atoms with Crippen molar-refractivity contribution in [1.82, 2.24) is 0 Å². The van der Waals surface area contributed by atoms with E-state index in [2.05, 4.69) is 6.58 Å². The topological polar surface area (TPSA) is 68.2 Å². The molecule has 0 amide bonds. The van der Waals surface area contributed by atoms with Crippen LogP contribution in [-0.4, -0.2) is 50.8 Å². The second-order valence-electron chi connectivity index (χ2n) is 6.27. The first-order valence-electron chi connectivity index (χ1n) is 8.41. The van der Waals surface area contributed by atoms with Gasteiger partial charge in [0.05, 0.1) is 13.2 Å². The van der Waals surface area contributed by atoms with Gasteiger partial charge in [0.2, 0.25) is 0 Å². The first-order valence-corrected chi connectivity index (χ1v) is 8.41. The number of fused-ring (bicyclic) bond motifs is 1. The van der Waals surface area contributed by atoms with Gasteiger partial charge in [0, 0.05) is 31.3 Å². The SMILES string of the molecule is C=Cc1cc2cc(N3CC(OCOC)CC3C(=O)O)ccc2cc1OC. The van der Waals surface area contributed by atoms with Crippen LogP contribution in [0.2, 0.25) is 0 Å². The van der Waals surface area contributed by atoms with Crippen molar-refractivity contribution >= 4 is 28.5 Å². The van der Waals surface area contributed by atoms with E-state index in [0.29, 0.717) is 13.0 Å². The highest BCUT2D eigenvalue weighted by molar-refractivity contribution is 5.91. The van der Waals surface area contributed by atoms with Gasteiger partial charge in [-0.1, -0.05) is 18.7 Å². The third kappa shape index (κ3) is 3.52. The summed E-state index contributed by atoms with van der Waals surface area (Å²) in [5.74, 6) is -0.0898. The molecule has 6 heteroatoms. The molecule has 0 aromatic heterocycles. The first kappa shape index (κ1) is 18.2. The fraction of sp³-hybridized carbons (Fsp3) is 0.350. The molecule has 1 saturated heterocycles. The second-order valence-corrected chi connectivity index (χ2v) is 6.27. The number of carbonyl (C=O) groups is 1. The van der Waals surface area contributed by atoms with Crippen LogP contribution >= 0.6 is 0 Å². The van der Waals surface area contributed by atoms with E-state index in [1.807, 2.05) is 35.2 Å². The van der Waals surface area contributed by atoms with Crippen LogP contribution in [0.25, 0.3) is 16.8 Å². The standard InChI is InChI=1S/C20H23NO5/c1-4-13-7-15-8-16(6-5-14(15)9-19(13)25-3)21-11-17(26-12-24-2)10-18(21)20(22)23/h4-9,17-18H,1,10-12H2,2-3H3,(H,22,23). The van der Waals surface area contributed by atoms with E-state index in [1.54, 1.807) is 20.3 Å². The molecule has 1 aliphatic rings. The summed E-state index contributed by atoms with van der Waals surface area (Å²) in [6, 6.07) is 9.24. The number of rotatable bonds is 7. The van der Waals surface area contributed by atoms with Crippen molar-refractivity contribution in [3.63, 3.8) is 0 Å². The summed E-state index contributed by atoms with van der Waals surface area (Å²) in [5.41, 5.74) is 1.75. The van der Waals surface area contributed by atoms with E-state index in [-0.39, 0.29) is 12.9 Å². The van der Waals surface area contributed by atoms with Gasteiger partial charge in [-0.15, -0.1) is 0 Å². The molecule has 0 saturated carbocycles. The first-order chi connectivity index (χ1) is 12.6. The highest BCUT2D eigenvalue weighted by Crippen LogP contribution is 2.33. The van der Waals surface area contributed by atoms with Crippen molar-refractivity contribution in [2.24, 2.45) is 0 Å². The minimum atomic E-state index is -0.852. The van der Waals surface area contributed by atoms with Crippen molar-refractivity contribution < 1.29 is 24.1 Å². The van der Waals surface area contributed by atoms with Crippen LogP contribution in [0.3, 0.4) is 0 Å². The molecule has 0 bridgehead atoms. The molecule has 1 N–H and O–H groups in total. The van der Waals surface area contributed by atoms with Gasteiger partial charge in [-0.2, -0.15) is 0 Å². The zero-order valence-corrected chi connectivity index (χ0v) is 15.0. The summed E-state index contributed by atoms with van der Waals surface area (Å²) < 4.78 is 15.9. The zero-order valence-electron chi connectivity index (χ0n) is 15.0. The quantitative estimate of drug-likeness (QED) is 0.768. The Kier molecular flexibility index (Phi) is 5.44. The molecular weight excluding hydrogens is 334 g/mol. The van der Waals surface area contributed by atoms with E-state index in [4.69, 9.17) is 14.2 Å². The number of carboxylic acid groups (broad SMARTS) is 1. The van der Waals surface area contributed by atoms with Crippen LogP contribution in [0.1, 0.15) is 12.0 Å². The smallest absolute Gasteiger partial charge is 0.326 e. The molecule has 1 heterocycles. The number of anilines is 1. The Morgan fingerprint density at radius 1 is 1.31 bits per heavy atom. The van der Waals surface area contributed by atoms with Crippen LogP contribution in [0.15, 0.2) is 36.9 Å². The van der Waals surface area contributed by atoms with Crippen molar-refractivity contribution in [3.8, 4) is 5.75 Å². The van der Waals surface area contributed by atoms with E-state index >= 15 is 0 Å². The molecule has 1 aliphatic heterocycles. The van der Waals surface area contributed by atoms with Gasteiger partial charge in [-0.25, -0.2) is 4.79 Å². The molecule has 2 unspecified atom stereocenters. The van der Waals surface area contributed by atoms with Crippen molar-refractivity contribution in [2.45, 2.75) is 18.6 Å². The molecular formula is C20H23NO5. The fourth-order valence-electron chi connectivity index (χ4n) is 3.40. The average Bonchev–Trinajstić information content (AvgIpc) is 3.09. The lowest BCUT2D eigenvalue weighted by Crippen LogP contribution is -2.35. The number of ether oxygens (including phenoxy) is 3. The molecule has 0 aliphatic carbocycles. The molecule has 2 atom stereocenters. The number of benzene rings is 2. The fourth-order valence-corrected chi connectivity index (χ4v) is 3.40. The summed E-state index contributed by atoms with van der Waals surface area (Å²) >= 11 is 0.